The van der Waals surface area contributed by atoms with E-state index in [-0.39, 0.29) is 0 Å². The third-order valence-electron chi connectivity index (χ3n) is 16.6. The highest BCUT2D eigenvalue weighted by Crippen LogP contribution is 2.51. The molecule has 13 aromatic carbocycles. The summed E-state index contributed by atoms with van der Waals surface area (Å²) in [6.45, 7) is 0. The fourth-order valence-corrected chi connectivity index (χ4v) is 12.6. The van der Waals surface area contributed by atoms with E-state index < -0.39 is 0 Å². The monoisotopic (exact) mass is 1090 g/mol. The second-order valence-electron chi connectivity index (χ2n) is 21.9. The Morgan fingerprint density at radius 3 is 0.581 bits per heavy atom. The van der Waals surface area contributed by atoms with E-state index in [1.54, 1.807) is 0 Å². The van der Waals surface area contributed by atoms with E-state index in [9.17, 15) is 0 Å². The predicted molar refractivity (Wildman–Crippen MR) is 362 cm³/mol. The van der Waals surface area contributed by atoms with Crippen molar-refractivity contribution in [2.75, 3.05) is 0 Å². The summed E-state index contributed by atoms with van der Waals surface area (Å²) in [6.07, 6.45) is 0. The molecule has 0 atom stereocenters. The lowest BCUT2D eigenvalue weighted by Gasteiger charge is -2.23. The second kappa shape index (κ2) is 22.8. The van der Waals surface area contributed by atoms with E-state index >= 15 is 0 Å². The minimum Gasteiger partial charge on any atom is -0.246 e. The number of benzene rings is 13. The van der Waals surface area contributed by atoms with Gasteiger partial charge in [0.25, 0.3) is 0 Å². The lowest BCUT2D eigenvalue weighted by atomic mass is 9.83. The van der Waals surface area contributed by atoms with Gasteiger partial charge in [-0.05, 0) is 108 Å². The Morgan fingerprint density at radius 1 is 0.128 bits per heavy atom. The number of hydrogen-bond acceptors (Lipinski definition) is 2. The predicted octanol–water partition coefficient (Wildman–Crippen LogP) is 22.8. The average molecular weight is 1090 g/mol. The topological polar surface area (TPSA) is 25.8 Å². The summed E-state index contributed by atoms with van der Waals surface area (Å²) in [5, 5.41) is 4.68. The van der Waals surface area contributed by atoms with Gasteiger partial charge in [-0.15, -0.1) is 0 Å². The van der Waals surface area contributed by atoms with Crippen LogP contribution in [-0.2, 0) is 0 Å². The molecule has 0 unspecified atom stereocenters. The van der Waals surface area contributed by atoms with Gasteiger partial charge in [-0.3, -0.25) is 0 Å². The zero-order valence-electron chi connectivity index (χ0n) is 47.2. The van der Waals surface area contributed by atoms with Gasteiger partial charge < -0.3 is 0 Å². The fourth-order valence-electron chi connectivity index (χ4n) is 12.6. The van der Waals surface area contributed by atoms with Crippen LogP contribution in [0.15, 0.2) is 340 Å². The van der Waals surface area contributed by atoms with E-state index in [1.165, 1.54) is 43.8 Å². The minimum atomic E-state index is 0.951. The molecule has 15 rings (SSSR count). The molecule has 0 aliphatic rings. The van der Waals surface area contributed by atoms with Crippen LogP contribution in [0.2, 0.25) is 0 Å². The van der Waals surface area contributed by atoms with E-state index in [0.29, 0.717) is 0 Å². The molecule has 0 spiro atoms. The molecule has 2 heteroatoms. The molecule has 2 heterocycles. The smallest absolute Gasteiger partial charge is 0.0794 e. The largest absolute Gasteiger partial charge is 0.246 e. The summed E-state index contributed by atoms with van der Waals surface area (Å²) in [4.78, 5) is 11.3. The third-order valence-corrected chi connectivity index (χ3v) is 16.6. The van der Waals surface area contributed by atoms with Crippen molar-refractivity contribution < 1.29 is 0 Å². The summed E-state index contributed by atoms with van der Waals surface area (Å²) < 4.78 is 0. The standard InChI is InChI=1S/C84H56N2/c1-9-26-57(27-10-1)77-75(78(58-28-11-2-12-29-58)82(62-36-19-6-20-37-62)85-81(77)61-34-17-5-18-35-61)73-50-48-69-53-67(44-46-71(69)55-73)65-42-25-43-66(52-65)68-45-47-72-56-74(51-49-70(72)54-68)76-79(59-30-13-3-14-31-59)83(63-38-21-7-22-39-63)86-84(64-40-23-8-24-41-64)80(76)60-32-15-4-16-33-60/h1-56H. The summed E-state index contributed by atoms with van der Waals surface area (Å²) in [7, 11) is 0. The van der Waals surface area contributed by atoms with Crippen LogP contribution in [0, 0.1) is 0 Å². The summed E-state index contributed by atoms with van der Waals surface area (Å²) >= 11 is 0. The lowest BCUT2D eigenvalue weighted by Crippen LogP contribution is -2.01. The van der Waals surface area contributed by atoms with Crippen LogP contribution >= 0.6 is 0 Å². The molecule has 0 bridgehead atoms. The van der Waals surface area contributed by atoms with Gasteiger partial charge in [-0.25, -0.2) is 9.97 Å². The molecule has 0 amide bonds. The van der Waals surface area contributed by atoms with Crippen LogP contribution in [0.5, 0.6) is 0 Å². The quantitative estimate of drug-likeness (QED) is 0.122. The summed E-state index contributed by atoms with van der Waals surface area (Å²) in [6, 6.07) is 122. The fraction of sp³-hybridized carbons (Fsp3) is 0. The first-order chi connectivity index (χ1) is 42.7. The van der Waals surface area contributed by atoms with Gasteiger partial charge in [0.15, 0.2) is 0 Å². The van der Waals surface area contributed by atoms with Crippen molar-refractivity contribution in [1.29, 1.82) is 0 Å². The van der Waals surface area contributed by atoms with Crippen LogP contribution in [0.25, 0.3) is 156 Å². The maximum Gasteiger partial charge on any atom is 0.0794 e. The SMILES string of the molecule is c1ccc(-c2nc(-c3ccccc3)c(-c3ccccc3)c(-c3ccc4cc(-c5cccc(-c6ccc7cc(-c8c(-c9ccccc9)c(-c9ccccc9)nc(-c9ccccc9)c8-c8ccccc8)ccc7c6)c5)ccc4c3)c2-c2ccccc2)cc1. The Hall–Kier alpha value is -11.3. The van der Waals surface area contributed by atoms with Crippen LogP contribution in [0.4, 0.5) is 0 Å². The summed E-state index contributed by atoms with van der Waals surface area (Å²) in [5.74, 6) is 0. The zero-order chi connectivity index (χ0) is 57.2. The van der Waals surface area contributed by atoms with Gasteiger partial charge in [0.1, 0.15) is 0 Å². The number of fused-ring (bicyclic) bond motifs is 2. The van der Waals surface area contributed by atoms with Crippen LogP contribution in [0.3, 0.4) is 0 Å². The van der Waals surface area contributed by atoms with Crippen molar-refractivity contribution in [1.82, 2.24) is 9.97 Å². The van der Waals surface area contributed by atoms with Crippen molar-refractivity contribution in [3.05, 3.63) is 340 Å². The lowest BCUT2D eigenvalue weighted by molar-refractivity contribution is 1.32. The van der Waals surface area contributed by atoms with Crippen molar-refractivity contribution in [3.63, 3.8) is 0 Å². The normalized spacial score (nSPS) is 11.3. The van der Waals surface area contributed by atoms with Gasteiger partial charge >= 0.3 is 0 Å². The first-order valence-corrected chi connectivity index (χ1v) is 29.5. The molecule has 0 saturated heterocycles. The van der Waals surface area contributed by atoms with Crippen molar-refractivity contribution in [2.45, 2.75) is 0 Å². The third kappa shape index (κ3) is 9.85. The van der Waals surface area contributed by atoms with Gasteiger partial charge in [-0.2, -0.15) is 0 Å². The van der Waals surface area contributed by atoms with Crippen molar-refractivity contribution in [2.24, 2.45) is 0 Å². The molecule has 0 aliphatic heterocycles. The van der Waals surface area contributed by atoms with Crippen LogP contribution < -0.4 is 0 Å². The average Bonchev–Trinajstić information content (AvgIpc) is 1.14. The Labute approximate surface area is 502 Å². The number of pyridine rings is 2. The van der Waals surface area contributed by atoms with E-state index in [2.05, 4.69) is 340 Å². The Kier molecular flexibility index (Phi) is 13.7. The Balaban J connectivity index is 0.832. The first kappa shape index (κ1) is 51.6. The second-order valence-corrected chi connectivity index (χ2v) is 21.9. The highest BCUT2D eigenvalue weighted by Gasteiger charge is 2.27. The summed E-state index contributed by atoms with van der Waals surface area (Å²) in [5.41, 5.74) is 26.2. The van der Waals surface area contributed by atoms with Crippen LogP contribution in [0.1, 0.15) is 0 Å². The number of nitrogens with zero attached hydrogens (tertiary/aromatic N) is 2. The van der Waals surface area contributed by atoms with Gasteiger partial charge in [0, 0.05) is 55.6 Å². The van der Waals surface area contributed by atoms with Crippen molar-refractivity contribution >= 4 is 21.5 Å². The maximum absolute atomic E-state index is 5.66. The van der Waals surface area contributed by atoms with Crippen LogP contribution in [-0.4, -0.2) is 9.97 Å². The molecule has 15 aromatic rings. The van der Waals surface area contributed by atoms with E-state index in [0.717, 1.165) is 112 Å². The number of aromatic nitrogens is 2. The molecular formula is C84H56N2. The zero-order valence-corrected chi connectivity index (χ0v) is 47.2. The molecule has 86 heavy (non-hydrogen) atoms. The molecule has 0 saturated carbocycles. The molecule has 0 radical (unpaired) electrons. The van der Waals surface area contributed by atoms with Crippen molar-refractivity contribution in [3.8, 4) is 134 Å². The molecule has 2 aromatic heterocycles. The van der Waals surface area contributed by atoms with E-state index in [1.807, 2.05) is 0 Å². The molecule has 2 nitrogen and oxygen atoms in total. The Morgan fingerprint density at radius 2 is 0.326 bits per heavy atom. The van der Waals surface area contributed by atoms with Gasteiger partial charge in [0.2, 0.25) is 0 Å². The molecule has 0 aliphatic carbocycles. The molecular weight excluding hydrogens is 1040 g/mol. The molecule has 0 fully saturated rings. The first-order valence-electron chi connectivity index (χ1n) is 29.5. The van der Waals surface area contributed by atoms with Gasteiger partial charge in [-0.1, -0.05) is 309 Å². The highest BCUT2D eigenvalue weighted by atomic mass is 14.7. The van der Waals surface area contributed by atoms with E-state index in [4.69, 9.17) is 9.97 Å². The maximum atomic E-state index is 5.66. The Bertz CT molecular complexity index is 4400. The number of rotatable bonds is 12. The minimum absolute atomic E-state index is 0.951. The molecule has 402 valence electrons. The number of hydrogen-bond donors (Lipinski definition) is 0. The molecule has 0 N–H and O–H groups in total. The highest BCUT2D eigenvalue weighted by molar-refractivity contribution is 6.08. The van der Waals surface area contributed by atoms with Gasteiger partial charge in [0.05, 0.1) is 22.8 Å².